The van der Waals surface area contributed by atoms with Gasteiger partial charge in [-0.15, -0.1) is 0 Å². The van der Waals surface area contributed by atoms with Gasteiger partial charge < -0.3 is 10.1 Å². The highest BCUT2D eigenvalue weighted by Gasteiger charge is 2.29. The number of anilines is 1. The lowest BCUT2D eigenvalue weighted by Crippen LogP contribution is -2.40. The van der Waals surface area contributed by atoms with Gasteiger partial charge in [-0.3, -0.25) is 9.10 Å². The van der Waals surface area contributed by atoms with Crippen molar-refractivity contribution in [3.8, 4) is 0 Å². The fraction of sp³-hybridized carbons (Fsp3) is 0.381. The van der Waals surface area contributed by atoms with Crippen LogP contribution in [0.2, 0.25) is 0 Å². The third kappa shape index (κ3) is 4.65. The molecule has 0 spiro atoms. The average Bonchev–Trinajstić information content (AvgIpc) is 3.25. The van der Waals surface area contributed by atoms with Gasteiger partial charge in [0.05, 0.1) is 29.5 Å². The Kier molecular flexibility index (Phi) is 6.52. The number of hydrogen-bond donors (Lipinski definition) is 1. The fourth-order valence-electron chi connectivity index (χ4n) is 3.82. The molecule has 2 aliphatic heterocycles. The number of morpholine rings is 1. The quantitative estimate of drug-likeness (QED) is 0.629. The van der Waals surface area contributed by atoms with E-state index in [1.807, 2.05) is 12.1 Å². The number of nitrogens with one attached hydrogen (secondary N) is 1. The summed E-state index contributed by atoms with van der Waals surface area (Å²) in [6.45, 7) is 1.64. The monoisotopic (exact) mass is 479 g/mol. The molecular formula is C21H25N3O6S2. The zero-order valence-electron chi connectivity index (χ0n) is 17.4. The van der Waals surface area contributed by atoms with Crippen molar-refractivity contribution in [2.24, 2.45) is 0 Å². The molecule has 0 radical (unpaired) electrons. The largest absolute Gasteiger partial charge is 0.379 e. The van der Waals surface area contributed by atoms with E-state index in [0.29, 0.717) is 45.0 Å². The molecule has 1 amide bonds. The van der Waals surface area contributed by atoms with Crippen LogP contribution in [0.4, 0.5) is 5.69 Å². The molecule has 0 saturated carbocycles. The van der Waals surface area contributed by atoms with Crippen LogP contribution < -0.4 is 9.62 Å². The maximum absolute atomic E-state index is 12.7. The normalized spacial score (nSPS) is 17.2. The Morgan fingerprint density at radius 3 is 2.34 bits per heavy atom. The van der Waals surface area contributed by atoms with Gasteiger partial charge in [-0.05, 0) is 42.3 Å². The minimum Gasteiger partial charge on any atom is -0.379 e. The third-order valence-electron chi connectivity index (χ3n) is 5.55. The van der Waals surface area contributed by atoms with Crippen molar-refractivity contribution in [3.05, 3.63) is 59.7 Å². The van der Waals surface area contributed by atoms with E-state index < -0.39 is 26.0 Å². The second-order valence-corrected chi connectivity index (χ2v) is 11.5. The minimum atomic E-state index is -3.64. The maximum atomic E-state index is 12.7. The van der Waals surface area contributed by atoms with Crippen molar-refractivity contribution in [1.29, 1.82) is 0 Å². The van der Waals surface area contributed by atoms with Gasteiger partial charge in [0.15, 0.2) is 0 Å². The van der Waals surface area contributed by atoms with E-state index in [1.165, 1.54) is 32.9 Å². The van der Waals surface area contributed by atoms with E-state index in [2.05, 4.69) is 5.32 Å². The number of para-hydroxylation sites is 1. The molecule has 2 aliphatic rings. The minimum absolute atomic E-state index is 0.0480. The Hall–Kier alpha value is -2.47. The first-order valence-corrected chi connectivity index (χ1v) is 13.4. The molecule has 2 aromatic carbocycles. The predicted molar refractivity (Wildman–Crippen MR) is 120 cm³/mol. The number of benzene rings is 2. The zero-order valence-corrected chi connectivity index (χ0v) is 19.1. The number of nitrogens with zero attached hydrogens (tertiary/aromatic N) is 2. The number of fused-ring (bicyclic) bond motifs is 1. The number of carbonyl (C=O) groups excluding carboxylic acids is 1. The first kappa shape index (κ1) is 22.7. The Morgan fingerprint density at radius 2 is 1.62 bits per heavy atom. The Bertz CT molecular complexity index is 1190. The number of ether oxygens (including phenoxy) is 1. The fourth-order valence-corrected chi connectivity index (χ4v) is 6.65. The molecule has 0 bridgehead atoms. The van der Waals surface area contributed by atoms with Crippen LogP contribution in [0.5, 0.6) is 0 Å². The number of amides is 1. The van der Waals surface area contributed by atoms with Crippen LogP contribution in [0, 0.1) is 0 Å². The van der Waals surface area contributed by atoms with Crippen LogP contribution in [0.25, 0.3) is 0 Å². The standard InChI is InChI=1S/C21H25N3O6S2/c25-21(18-5-7-19(8-6-18)32(28,29)23-12-14-30-15-13-23)22-10-16-31(26,27)24-11-9-17-3-1-2-4-20(17)24/h1-8H,9-16H2,(H,22,25). The molecule has 0 aliphatic carbocycles. The maximum Gasteiger partial charge on any atom is 0.251 e. The molecule has 1 fully saturated rings. The van der Waals surface area contributed by atoms with Gasteiger partial charge in [-0.2, -0.15) is 4.31 Å². The number of sulfonamides is 2. The summed E-state index contributed by atoms with van der Waals surface area (Å²) in [4.78, 5) is 12.5. The number of rotatable bonds is 7. The van der Waals surface area contributed by atoms with E-state index in [4.69, 9.17) is 4.74 Å². The Balaban J connectivity index is 1.34. The molecule has 2 heterocycles. The Morgan fingerprint density at radius 1 is 0.938 bits per heavy atom. The van der Waals surface area contributed by atoms with Gasteiger partial charge in [0.2, 0.25) is 20.0 Å². The molecule has 0 unspecified atom stereocenters. The summed E-state index contributed by atoms with van der Waals surface area (Å²) >= 11 is 0. The van der Waals surface area contributed by atoms with Crippen LogP contribution in [0.1, 0.15) is 15.9 Å². The van der Waals surface area contributed by atoms with Gasteiger partial charge in [-0.1, -0.05) is 18.2 Å². The topological polar surface area (TPSA) is 113 Å². The van der Waals surface area contributed by atoms with Gasteiger partial charge in [0.25, 0.3) is 5.91 Å². The van der Waals surface area contributed by atoms with Crippen molar-refractivity contribution in [2.45, 2.75) is 11.3 Å². The van der Waals surface area contributed by atoms with Crippen molar-refractivity contribution in [2.75, 3.05) is 49.5 Å². The highest BCUT2D eigenvalue weighted by atomic mass is 32.2. The predicted octanol–water partition coefficient (Wildman–Crippen LogP) is 0.830. The number of hydrogen-bond acceptors (Lipinski definition) is 6. The smallest absolute Gasteiger partial charge is 0.251 e. The van der Waals surface area contributed by atoms with Crippen LogP contribution in [-0.4, -0.2) is 72.2 Å². The molecule has 32 heavy (non-hydrogen) atoms. The lowest BCUT2D eigenvalue weighted by atomic mass is 10.2. The van der Waals surface area contributed by atoms with E-state index in [1.54, 1.807) is 12.1 Å². The summed E-state index contributed by atoms with van der Waals surface area (Å²) in [5, 5.41) is 2.60. The first-order valence-electron chi connectivity index (χ1n) is 10.3. The highest BCUT2D eigenvalue weighted by molar-refractivity contribution is 7.92. The molecule has 9 nitrogen and oxygen atoms in total. The van der Waals surface area contributed by atoms with Crippen LogP contribution >= 0.6 is 0 Å². The van der Waals surface area contributed by atoms with E-state index >= 15 is 0 Å². The molecule has 2 aromatic rings. The van der Waals surface area contributed by atoms with E-state index in [9.17, 15) is 21.6 Å². The van der Waals surface area contributed by atoms with E-state index in [-0.39, 0.29) is 22.8 Å². The summed E-state index contributed by atoms with van der Waals surface area (Å²) in [6.07, 6.45) is 0.668. The molecule has 11 heteroatoms. The highest BCUT2D eigenvalue weighted by Crippen LogP contribution is 2.29. The third-order valence-corrected chi connectivity index (χ3v) is 9.23. The molecule has 172 valence electrons. The second kappa shape index (κ2) is 9.18. The summed E-state index contributed by atoms with van der Waals surface area (Å²) in [6, 6.07) is 13.0. The molecular weight excluding hydrogens is 454 g/mol. The van der Waals surface area contributed by atoms with Gasteiger partial charge in [0.1, 0.15) is 0 Å². The van der Waals surface area contributed by atoms with E-state index in [0.717, 1.165) is 5.56 Å². The first-order chi connectivity index (χ1) is 15.3. The number of carbonyl (C=O) groups is 1. The summed E-state index contributed by atoms with van der Waals surface area (Å²) in [7, 11) is -7.20. The van der Waals surface area contributed by atoms with Crippen molar-refractivity contribution < 1.29 is 26.4 Å². The Labute approximate surface area is 188 Å². The van der Waals surface area contributed by atoms with Crippen molar-refractivity contribution in [3.63, 3.8) is 0 Å². The van der Waals surface area contributed by atoms with Crippen molar-refractivity contribution in [1.82, 2.24) is 9.62 Å². The molecule has 4 rings (SSSR count). The summed E-state index contributed by atoms with van der Waals surface area (Å²) in [5.74, 6) is -0.686. The zero-order chi connectivity index (χ0) is 22.8. The van der Waals surface area contributed by atoms with Gasteiger partial charge >= 0.3 is 0 Å². The molecule has 0 atom stereocenters. The SMILES string of the molecule is O=C(NCCS(=O)(=O)N1CCc2ccccc21)c1ccc(S(=O)(=O)N2CCOCC2)cc1. The molecule has 1 N–H and O–H groups in total. The van der Waals surface area contributed by atoms with Crippen LogP contribution in [0.15, 0.2) is 53.4 Å². The summed E-state index contributed by atoms with van der Waals surface area (Å²) in [5.41, 5.74) is 1.94. The lowest BCUT2D eigenvalue weighted by Gasteiger charge is -2.26. The van der Waals surface area contributed by atoms with Crippen molar-refractivity contribution >= 4 is 31.6 Å². The van der Waals surface area contributed by atoms with Gasteiger partial charge in [-0.25, -0.2) is 16.8 Å². The lowest BCUT2D eigenvalue weighted by molar-refractivity contribution is 0.0730. The van der Waals surface area contributed by atoms with Gasteiger partial charge in [0, 0.05) is 31.7 Å². The average molecular weight is 480 g/mol. The second-order valence-electron chi connectivity index (χ2n) is 7.56. The molecule has 1 saturated heterocycles. The van der Waals surface area contributed by atoms with Crippen LogP contribution in [0.3, 0.4) is 0 Å². The van der Waals surface area contributed by atoms with Crippen LogP contribution in [-0.2, 0) is 31.2 Å². The molecule has 0 aromatic heterocycles. The summed E-state index contributed by atoms with van der Waals surface area (Å²) < 4.78 is 58.7.